The number of nitroso groups, excluding NO2 is 1. The van der Waals surface area contributed by atoms with Crippen LogP contribution >= 0.6 is 0 Å². The molecule has 0 radical (unpaired) electrons. The Labute approximate surface area is 38.9 Å². The molecule has 0 aromatic carbocycles. The largest absolute Gasteiger partial charge is 0.276 e. The van der Waals surface area contributed by atoms with E-state index in [9.17, 15) is 14.5 Å². The van der Waals surface area contributed by atoms with Gasteiger partial charge in [0.2, 0.25) is 12.8 Å². The van der Waals surface area contributed by atoms with Crippen molar-refractivity contribution in [2.24, 2.45) is 5.29 Å². The van der Waals surface area contributed by atoms with Crippen LogP contribution in [0.15, 0.2) is 5.29 Å². The second kappa shape index (κ2) is 2.95. The molecule has 38 valence electrons. The summed E-state index contributed by atoms with van der Waals surface area (Å²) in [6.45, 7) is 0. The SMILES string of the molecule is O=CN(C=O)N=O. The zero-order valence-corrected chi connectivity index (χ0v) is 3.27. The van der Waals surface area contributed by atoms with Gasteiger partial charge in [-0.25, -0.2) is 0 Å². The zero-order valence-electron chi connectivity index (χ0n) is 3.27. The minimum absolute atomic E-state index is 0.0139. The summed E-state index contributed by atoms with van der Waals surface area (Å²) in [7, 11) is 0. The van der Waals surface area contributed by atoms with Gasteiger partial charge in [-0.3, -0.25) is 9.59 Å². The van der Waals surface area contributed by atoms with Crippen molar-refractivity contribution >= 4 is 12.8 Å². The first-order valence-electron chi connectivity index (χ1n) is 1.37. The molecule has 2 amide bonds. The van der Waals surface area contributed by atoms with Gasteiger partial charge in [-0.15, -0.1) is 9.92 Å². The summed E-state index contributed by atoms with van der Waals surface area (Å²) in [6, 6.07) is 0. The van der Waals surface area contributed by atoms with E-state index < -0.39 is 0 Å². The Hall–Kier alpha value is -1.26. The van der Waals surface area contributed by atoms with Crippen molar-refractivity contribution in [3.05, 3.63) is 4.91 Å². The molecule has 0 heterocycles. The summed E-state index contributed by atoms with van der Waals surface area (Å²) in [4.78, 5) is 27.9. The fourth-order valence-corrected chi connectivity index (χ4v) is 0.0633. The van der Waals surface area contributed by atoms with E-state index in [0.29, 0.717) is 0 Å². The van der Waals surface area contributed by atoms with Gasteiger partial charge in [0.1, 0.15) is 0 Å². The van der Waals surface area contributed by atoms with Crippen molar-refractivity contribution in [3.8, 4) is 0 Å². The zero-order chi connectivity index (χ0) is 5.70. The Morgan fingerprint density at radius 2 is 1.71 bits per heavy atom. The average Bonchev–Trinajstić information content (AvgIpc) is 1.72. The van der Waals surface area contributed by atoms with Crippen LogP contribution in [0.4, 0.5) is 0 Å². The summed E-state index contributed by atoms with van der Waals surface area (Å²) in [5.41, 5.74) is 0. The third kappa shape index (κ3) is 1.58. The molecule has 0 aromatic rings. The standard InChI is InChI=1S/C2H2N2O3/c5-1-4(2-6)3-7/h1-2H. The third-order valence-corrected chi connectivity index (χ3v) is 0.310. The quantitative estimate of drug-likeness (QED) is 0.268. The lowest BCUT2D eigenvalue weighted by molar-refractivity contribution is -0.129. The second-order valence-corrected chi connectivity index (χ2v) is 0.672. The van der Waals surface area contributed by atoms with Gasteiger partial charge in [-0.1, -0.05) is 0 Å². The highest BCUT2D eigenvalue weighted by molar-refractivity contribution is 5.67. The van der Waals surface area contributed by atoms with Crippen LogP contribution < -0.4 is 0 Å². The van der Waals surface area contributed by atoms with Crippen molar-refractivity contribution in [2.45, 2.75) is 0 Å². The maximum Gasteiger partial charge on any atom is 0.239 e. The molecule has 0 aliphatic heterocycles. The number of imide groups is 1. The molecular weight excluding hydrogens is 100 g/mol. The molecule has 0 bridgehead atoms. The smallest absolute Gasteiger partial charge is 0.239 e. The summed E-state index contributed by atoms with van der Waals surface area (Å²) < 4.78 is 0. The molecule has 5 nitrogen and oxygen atoms in total. The number of rotatable bonds is 3. The Morgan fingerprint density at radius 1 is 1.29 bits per heavy atom. The minimum Gasteiger partial charge on any atom is -0.276 e. The van der Waals surface area contributed by atoms with Crippen LogP contribution in [-0.2, 0) is 9.59 Å². The summed E-state index contributed by atoms with van der Waals surface area (Å²) in [6.07, 6.45) is 0.0278. The highest BCUT2D eigenvalue weighted by Gasteiger charge is 1.90. The molecule has 0 saturated carbocycles. The van der Waals surface area contributed by atoms with E-state index in [2.05, 4.69) is 0 Å². The molecule has 0 unspecified atom stereocenters. The molecule has 0 rings (SSSR count). The molecule has 0 saturated heterocycles. The Bertz CT molecular complexity index is 71.9. The van der Waals surface area contributed by atoms with Gasteiger partial charge >= 0.3 is 0 Å². The van der Waals surface area contributed by atoms with Gasteiger partial charge in [0.25, 0.3) is 0 Å². The van der Waals surface area contributed by atoms with Gasteiger partial charge < -0.3 is 0 Å². The predicted octanol–water partition coefficient (Wildman–Crippen LogP) is -0.717. The number of nitrogens with zero attached hydrogens (tertiary/aromatic N) is 2. The molecule has 5 heteroatoms. The first kappa shape index (κ1) is 5.74. The van der Waals surface area contributed by atoms with Crippen molar-refractivity contribution in [1.29, 1.82) is 0 Å². The van der Waals surface area contributed by atoms with E-state index in [1.54, 1.807) is 0 Å². The van der Waals surface area contributed by atoms with Crippen molar-refractivity contribution in [2.75, 3.05) is 0 Å². The fourth-order valence-electron chi connectivity index (χ4n) is 0.0633. The predicted molar refractivity (Wildman–Crippen MR) is 19.8 cm³/mol. The van der Waals surface area contributed by atoms with Crippen molar-refractivity contribution in [3.63, 3.8) is 0 Å². The molecule has 0 fully saturated rings. The summed E-state index contributed by atoms with van der Waals surface area (Å²) in [5, 5.41) is 2.06. The van der Waals surface area contributed by atoms with Crippen molar-refractivity contribution in [1.82, 2.24) is 5.01 Å². The average molecular weight is 102 g/mol. The molecular formula is C2H2N2O3. The van der Waals surface area contributed by atoms with Gasteiger partial charge in [-0.2, -0.15) is 0 Å². The minimum atomic E-state index is 0.0139. The topological polar surface area (TPSA) is 66.8 Å². The molecule has 0 spiro atoms. The van der Waals surface area contributed by atoms with E-state index in [1.807, 2.05) is 5.29 Å². The molecule has 0 aliphatic carbocycles. The Morgan fingerprint density at radius 3 is 1.71 bits per heavy atom. The molecule has 0 aromatic heterocycles. The molecule has 0 N–H and O–H groups in total. The van der Waals surface area contributed by atoms with Crippen LogP contribution in [0.5, 0.6) is 0 Å². The third-order valence-electron chi connectivity index (χ3n) is 0.310. The summed E-state index contributed by atoms with van der Waals surface area (Å²) in [5.74, 6) is 0. The normalized spacial score (nSPS) is 6.86. The highest BCUT2D eigenvalue weighted by atomic mass is 16.3. The van der Waals surface area contributed by atoms with E-state index in [0.717, 1.165) is 0 Å². The lowest BCUT2D eigenvalue weighted by Crippen LogP contribution is -2.09. The molecule has 0 aliphatic rings. The van der Waals surface area contributed by atoms with Crippen LogP contribution in [-0.4, -0.2) is 17.8 Å². The van der Waals surface area contributed by atoms with Crippen LogP contribution in [0.3, 0.4) is 0 Å². The maximum atomic E-state index is 9.37. The number of hydrogen-bond acceptors (Lipinski definition) is 4. The van der Waals surface area contributed by atoms with E-state index in [4.69, 9.17) is 0 Å². The number of carbonyl (C=O) groups is 2. The fraction of sp³-hybridized carbons (Fsp3) is 0. The first-order chi connectivity index (χ1) is 3.35. The maximum absolute atomic E-state index is 9.37. The van der Waals surface area contributed by atoms with Gasteiger partial charge in [0.05, 0.1) is 5.29 Å². The lowest BCUT2D eigenvalue weighted by atomic mass is 11.1. The lowest BCUT2D eigenvalue weighted by Gasteiger charge is -1.86. The summed E-state index contributed by atoms with van der Waals surface area (Å²) >= 11 is 0. The van der Waals surface area contributed by atoms with Gasteiger partial charge in [0.15, 0.2) is 0 Å². The number of carbonyl (C=O) groups excluding carboxylic acids is 2. The second-order valence-electron chi connectivity index (χ2n) is 0.672. The number of hydrogen-bond donors (Lipinski definition) is 0. The Balaban J connectivity index is 3.57. The van der Waals surface area contributed by atoms with Crippen LogP contribution in [0.1, 0.15) is 0 Å². The molecule has 0 atom stereocenters. The van der Waals surface area contributed by atoms with Gasteiger partial charge in [-0.05, 0) is 0 Å². The van der Waals surface area contributed by atoms with Crippen LogP contribution in [0.2, 0.25) is 0 Å². The Kier molecular flexibility index (Phi) is 2.42. The highest BCUT2D eigenvalue weighted by Crippen LogP contribution is 1.69. The molecule has 7 heavy (non-hydrogen) atoms. The first-order valence-corrected chi connectivity index (χ1v) is 1.37. The monoisotopic (exact) mass is 102 g/mol. The van der Waals surface area contributed by atoms with Crippen LogP contribution in [0.25, 0.3) is 0 Å². The van der Waals surface area contributed by atoms with E-state index in [-0.39, 0.29) is 17.8 Å². The van der Waals surface area contributed by atoms with E-state index >= 15 is 0 Å². The van der Waals surface area contributed by atoms with E-state index in [1.165, 1.54) is 0 Å². The number of amides is 2. The van der Waals surface area contributed by atoms with Crippen LogP contribution in [0, 0.1) is 4.91 Å². The van der Waals surface area contributed by atoms with Gasteiger partial charge in [0, 0.05) is 0 Å². The van der Waals surface area contributed by atoms with Crippen molar-refractivity contribution < 1.29 is 9.59 Å².